The average Bonchev–Trinajstić information content (AvgIpc) is 2.57. The molecule has 4 nitrogen and oxygen atoms in total. The van der Waals surface area contributed by atoms with Gasteiger partial charge in [0.05, 0.1) is 25.4 Å². The van der Waals surface area contributed by atoms with E-state index in [1.54, 1.807) is 7.11 Å². The van der Waals surface area contributed by atoms with Crippen LogP contribution in [0.1, 0.15) is 25.5 Å². The minimum atomic E-state index is 0.0596. The third kappa shape index (κ3) is 4.86. The molecule has 0 spiro atoms. The van der Waals surface area contributed by atoms with Crippen LogP contribution in [0.4, 0.5) is 5.69 Å². The molecule has 0 aliphatic carbocycles. The van der Waals surface area contributed by atoms with E-state index in [9.17, 15) is 0 Å². The first-order valence-corrected chi connectivity index (χ1v) is 7.98. The highest BCUT2D eigenvalue weighted by Crippen LogP contribution is 2.24. The van der Waals surface area contributed by atoms with Gasteiger partial charge in [0.15, 0.2) is 5.11 Å². The molecule has 0 bridgehead atoms. The zero-order valence-electron chi connectivity index (χ0n) is 13.6. The number of ether oxygens (including phenoxy) is 2. The number of benzene rings is 2. The molecule has 0 radical (unpaired) electrons. The van der Waals surface area contributed by atoms with E-state index in [-0.39, 0.29) is 6.04 Å². The Kier molecular flexibility index (Phi) is 6.23. The van der Waals surface area contributed by atoms with E-state index >= 15 is 0 Å². The predicted octanol–water partition coefficient (Wildman–Crippen LogP) is 4.14. The summed E-state index contributed by atoms with van der Waals surface area (Å²) in [5.74, 6) is 1.62. The molecule has 5 heteroatoms. The van der Waals surface area contributed by atoms with Crippen molar-refractivity contribution in [3.05, 3.63) is 54.1 Å². The molecule has 122 valence electrons. The molecule has 2 rings (SSSR count). The number of anilines is 1. The predicted molar refractivity (Wildman–Crippen MR) is 98.4 cm³/mol. The number of hydrogen-bond acceptors (Lipinski definition) is 3. The Bertz CT molecular complexity index is 661. The average molecular weight is 330 g/mol. The summed E-state index contributed by atoms with van der Waals surface area (Å²) in [6.45, 7) is 4.62. The number of para-hydroxylation sites is 2. The molecule has 0 aliphatic heterocycles. The molecule has 0 saturated heterocycles. The molecule has 0 amide bonds. The van der Waals surface area contributed by atoms with Crippen molar-refractivity contribution in [3.8, 4) is 11.5 Å². The second-order valence-corrected chi connectivity index (χ2v) is 5.43. The van der Waals surface area contributed by atoms with Crippen LogP contribution in [-0.4, -0.2) is 18.8 Å². The number of nitrogens with one attached hydrogen (secondary N) is 2. The van der Waals surface area contributed by atoms with Gasteiger partial charge in [-0.25, -0.2) is 0 Å². The van der Waals surface area contributed by atoms with Gasteiger partial charge in [-0.1, -0.05) is 24.3 Å². The fraction of sp³-hybridized carbons (Fsp3) is 0.278. The van der Waals surface area contributed by atoms with E-state index in [4.69, 9.17) is 21.7 Å². The van der Waals surface area contributed by atoms with E-state index in [2.05, 4.69) is 17.6 Å². The van der Waals surface area contributed by atoms with E-state index in [0.29, 0.717) is 11.7 Å². The monoisotopic (exact) mass is 330 g/mol. The van der Waals surface area contributed by atoms with E-state index in [0.717, 1.165) is 22.7 Å². The molecule has 1 atom stereocenters. The Morgan fingerprint density at radius 3 is 2.70 bits per heavy atom. The fourth-order valence-electron chi connectivity index (χ4n) is 2.20. The number of hydrogen-bond donors (Lipinski definition) is 2. The largest absolute Gasteiger partial charge is 0.497 e. The zero-order chi connectivity index (χ0) is 16.7. The summed E-state index contributed by atoms with van der Waals surface area (Å²) < 4.78 is 10.8. The standard InChI is InChI=1S/C18H22N2O2S/c1-4-22-17-11-6-5-10-16(17)20-18(23)19-13(2)14-8-7-9-15(12-14)21-3/h5-13H,4H2,1-3H3,(H2,19,20,23). The van der Waals surface area contributed by atoms with Gasteiger partial charge < -0.3 is 20.1 Å². The van der Waals surface area contributed by atoms with Crippen molar-refractivity contribution >= 4 is 23.0 Å². The Morgan fingerprint density at radius 1 is 1.17 bits per heavy atom. The van der Waals surface area contributed by atoms with Crippen LogP contribution < -0.4 is 20.1 Å². The molecule has 0 fully saturated rings. The van der Waals surface area contributed by atoms with Crippen LogP contribution in [0.5, 0.6) is 11.5 Å². The first kappa shape index (κ1) is 17.1. The highest BCUT2D eigenvalue weighted by Gasteiger charge is 2.10. The first-order chi connectivity index (χ1) is 11.1. The molecule has 0 aromatic heterocycles. The summed E-state index contributed by atoms with van der Waals surface area (Å²) in [6, 6.07) is 15.7. The SMILES string of the molecule is CCOc1ccccc1NC(=S)NC(C)c1cccc(OC)c1. The molecule has 1 unspecified atom stereocenters. The number of thiocarbonyl (C=S) groups is 1. The molecule has 2 aromatic carbocycles. The maximum atomic E-state index is 5.59. The summed E-state index contributed by atoms with van der Waals surface area (Å²) in [7, 11) is 1.66. The minimum Gasteiger partial charge on any atom is -0.497 e. The normalized spacial score (nSPS) is 11.4. The van der Waals surface area contributed by atoms with Crippen molar-refractivity contribution in [3.63, 3.8) is 0 Å². The smallest absolute Gasteiger partial charge is 0.171 e. The summed E-state index contributed by atoms with van der Waals surface area (Å²) >= 11 is 5.41. The summed E-state index contributed by atoms with van der Waals surface area (Å²) in [6.07, 6.45) is 0. The van der Waals surface area contributed by atoms with Gasteiger partial charge in [-0.05, 0) is 55.9 Å². The van der Waals surface area contributed by atoms with Crippen molar-refractivity contribution in [1.29, 1.82) is 0 Å². The van der Waals surface area contributed by atoms with Crippen LogP contribution in [0.3, 0.4) is 0 Å². The van der Waals surface area contributed by atoms with Crippen molar-refractivity contribution in [2.24, 2.45) is 0 Å². The molecule has 0 heterocycles. The van der Waals surface area contributed by atoms with Gasteiger partial charge in [0.2, 0.25) is 0 Å². The van der Waals surface area contributed by atoms with Crippen molar-refractivity contribution in [2.45, 2.75) is 19.9 Å². The lowest BCUT2D eigenvalue weighted by Crippen LogP contribution is -2.31. The van der Waals surface area contributed by atoms with Gasteiger partial charge in [-0.3, -0.25) is 0 Å². The summed E-state index contributed by atoms with van der Waals surface area (Å²) in [4.78, 5) is 0. The van der Waals surface area contributed by atoms with Gasteiger partial charge in [-0.15, -0.1) is 0 Å². The van der Waals surface area contributed by atoms with Crippen LogP contribution in [-0.2, 0) is 0 Å². The van der Waals surface area contributed by atoms with E-state index < -0.39 is 0 Å². The maximum Gasteiger partial charge on any atom is 0.171 e. The third-order valence-corrected chi connectivity index (χ3v) is 3.60. The van der Waals surface area contributed by atoms with Gasteiger partial charge in [0.1, 0.15) is 11.5 Å². The number of methoxy groups -OCH3 is 1. The summed E-state index contributed by atoms with van der Waals surface area (Å²) in [5, 5.41) is 7.01. The summed E-state index contributed by atoms with van der Waals surface area (Å²) in [5.41, 5.74) is 1.95. The van der Waals surface area contributed by atoms with Crippen molar-refractivity contribution in [2.75, 3.05) is 19.0 Å². The molecule has 0 aliphatic rings. The van der Waals surface area contributed by atoms with Gasteiger partial charge in [0.25, 0.3) is 0 Å². The van der Waals surface area contributed by atoms with E-state index in [1.165, 1.54) is 0 Å². The lowest BCUT2D eigenvalue weighted by Gasteiger charge is -2.19. The maximum absolute atomic E-state index is 5.59. The van der Waals surface area contributed by atoms with Crippen molar-refractivity contribution < 1.29 is 9.47 Å². The van der Waals surface area contributed by atoms with Crippen LogP contribution in [0.25, 0.3) is 0 Å². The quantitative estimate of drug-likeness (QED) is 0.779. The second kappa shape index (κ2) is 8.39. The second-order valence-electron chi connectivity index (χ2n) is 5.03. The molecule has 2 N–H and O–H groups in total. The molecular weight excluding hydrogens is 308 g/mol. The molecule has 23 heavy (non-hydrogen) atoms. The van der Waals surface area contributed by atoms with E-state index in [1.807, 2.05) is 55.5 Å². The molecule has 0 saturated carbocycles. The third-order valence-electron chi connectivity index (χ3n) is 3.38. The molecule has 2 aromatic rings. The van der Waals surface area contributed by atoms with Crippen molar-refractivity contribution in [1.82, 2.24) is 5.32 Å². The fourth-order valence-corrected chi connectivity index (χ4v) is 2.49. The lowest BCUT2D eigenvalue weighted by molar-refractivity contribution is 0.342. The minimum absolute atomic E-state index is 0.0596. The van der Waals surface area contributed by atoms with Crippen LogP contribution in [0, 0.1) is 0 Å². The Morgan fingerprint density at radius 2 is 1.96 bits per heavy atom. The van der Waals surface area contributed by atoms with Crippen LogP contribution in [0.2, 0.25) is 0 Å². The first-order valence-electron chi connectivity index (χ1n) is 7.57. The Labute approximate surface area is 142 Å². The highest BCUT2D eigenvalue weighted by atomic mass is 32.1. The number of rotatable bonds is 6. The van der Waals surface area contributed by atoms with Crippen LogP contribution >= 0.6 is 12.2 Å². The lowest BCUT2D eigenvalue weighted by atomic mass is 10.1. The van der Waals surface area contributed by atoms with Gasteiger partial charge in [0, 0.05) is 0 Å². The topological polar surface area (TPSA) is 42.5 Å². The molecular formula is C18H22N2O2S. The Balaban J connectivity index is 2.01. The van der Waals surface area contributed by atoms with Gasteiger partial charge >= 0.3 is 0 Å². The van der Waals surface area contributed by atoms with Crippen LogP contribution in [0.15, 0.2) is 48.5 Å². The Hall–Kier alpha value is -2.27. The zero-order valence-corrected chi connectivity index (χ0v) is 14.4. The highest BCUT2D eigenvalue weighted by molar-refractivity contribution is 7.80. The van der Waals surface area contributed by atoms with Gasteiger partial charge in [-0.2, -0.15) is 0 Å².